The molecule has 0 saturated heterocycles. The molecule has 1 heterocycles. The Hall–Kier alpha value is -2.21. The molecule has 2 aromatic rings. The summed E-state index contributed by atoms with van der Waals surface area (Å²) in [5.41, 5.74) is 1.26. The highest BCUT2D eigenvalue weighted by Gasteiger charge is 2.15. The van der Waals surface area contributed by atoms with Crippen LogP contribution in [0.3, 0.4) is 0 Å². The molecule has 1 amide bonds. The number of nitrogens with zero attached hydrogens (tertiary/aromatic N) is 2. The van der Waals surface area contributed by atoms with Gasteiger partial charge in [-0.1, -0.05) is 30.3 Å². The second kappa shape index (κ2) is 5.92. The fraction of sp³-hybridized carbons (Fsp3) is 0.250. The molecule has 6 nitrogen and oxygen atoms in total. The maximum absolute atomic E-state index is 11.7. The van der Waals surface area contributed by atoms with Crippen LogP contribution in [0.1, 0.15) is 16.1 Å². The summed E-state index contributed by atoms with van der Waals surface area (Å²) in [5, 5.41) is 21.6. The lowest BCUT2D eigenvalue weighted by Crippen LogP contribution is -2.39. The van der Waals surface area contributed by atoms with E-state index in [0.717, 1.165) is 5.56 Å². The molecule has 94 valence electrons. The zero-order chi connectivity index (χ0) is 12.8. The second-order valence-electron chi connectivity index (χ2n) is 3.90. The Labute approximate surface area is 104 Å². The number of hydrogen-bond donors (Lipinski definition) is 3. The van der Waals surface area contributed by atoms with E-state index >= 15 is 0 Å². The van der Waals surface area contributed by atoms with Crippen LogP contribution in [0.5, 0.6) is 0 Å². The third-order valence-electron chi connectivity index (χ3n) is 2.53. The Kier molecular flexibility index (Phi) is 4.03. The molecule has 0 fully saturated rings. The average Bonchev–Trinajstić information content (AvgIpc) is 2.93. The average molecular weight is 246 g/mol. The molecule has 0 bridgehead atoms. The molecular weight excluding hydrogens is 232 g/mol. The Morgan fingerprint density at radius 3 is 2.78 bits per heavy atom. The molecule has 1 unspecified atom stereocenters. The lowest BCUT2D eigenvalue weighted by molar-refractivity contribution is 0.0911. The first-order chi connectivity index (χ1) is 8.79. The van der Waals surface area contributed by atoms with Crippen LogP contribution in [0.2, 0.25) is 0 Å². The fourth-order valence-electron chi connectivity index (χ4n) is 1.63. The predicted molar refractivity (Wildman–Crippen MR) is 64.9 cm³/mol. The van der Waals surface area contributed by atoms with Crippen molar-refractivity contribution < 1.29 is 9.90 Å². The van der Waals surface area contributed by atoms with Crippen molar-refractivity contribution in [2.75, 3.05) is 6.61 Å². The van der Waals surface area contributed by atoms with Crippen LogP contribution in [-0.2, 0) is 6.42 Å². The number of hydrogen-bond acceptors (Lipinski definition) is 4. The number of benzene rings is 1. The van der Waals surface area contributed by atoms with Crippen molar-refractivity contribution in [3.8, 4) is 0 Å². The van der Waals surface area contributed by atoms with Gasteiger partial charge in [-0.05, 0) is 12.0 Å². The van der Waals surface area contributed by atoms with Crippen molar-refractivity contribution in [2.24, 2.45) is 0 Å². The van der Waals surface area contributed by atoms with E-state index in [0.29, 0.717) is 6.42 Å². The summed E-state index contributed by atoms with van der Waals surface area (Å²) in [7, 11) is 0. The van der Waals surface area contributed by atoms with Crippen molar-refractivity contribution in [2.45, 2.75) is 12.5 Å². The van der Waals surface area contributed by atoms with E-state index in [4.69, 9.17) is 0 Å². The quantitative estimate of drug-likeness (QED) is 0.699. The van der Waals surface area contributed by atoms with Gasteiger partial charge in [-0.3, -0.25) is 4.79 Å². The van der Waals surface area contributed by atoms with Gasteiger partial charge in [0, 0.05) is 0 Å². The van der Waals surface area contributed by atoms with Gasteiger partial charge in [-0.2, -0.15) is 15.4 Å². The maximum Gasteiger partial charge on any atom is 0.273 e. The summed E-state index contributed by atoms with van der Waals surface area (Å²) in [4.78, 5) is 11.7. The topological polar surface area (TPSA) is 90.9 Å². The first-order valence-electron chi connectivity index (χ1n) is 5.61. The van der Waals surface area contributed by atoms with E-state index in [1.807, 2.05) is 30.3 Å². The number of amides is 1. The van der Waals surface area contributed by atoms with Crippen LogP contribution in [0.4, 0.5) is 0 Å². The van der Waals surface area contributed by atoms with Crippen molar-refractivity contribution in [3.63, 3.8) is 0 Å². The summed E-state index contributed by atoms with van der Waals surface area (Å²) in [6.45, 7) is -0.127. The predicted octanol–water partition coefficient (Wildman–Crippen LogP) is 0.138. The number of carbonyl (C=O) groups is 1. The number of nitrogens with one attached hydrogen (secondary N) is 2. The van der Waals surface area contributed by atoms with E-state index in [1.54, 1.807) is 0 Å². The summed E-state index contributed by atoms with van der Waals surface area (Å²) >= 11 is 0. The molecule has 1 aromatic heterocycles. The second-order valence-corrected chi connectivity index (χ2v) is 3.90. The van der Waals surface area contributed by atoms with Gasteiger partial charge in [0.2, 0.25) is 0 Å². The Balaban J connectivity index is 1.96. The molecule has 0 aliphatic heterocycles. The largest absolute Gasteiger partial charge is 0.394 e. The smallest absolute Gasteiger partial charge is 0.273 e. The Bertz CT molecular complexity index is 484. The normalized spacial score (nSPS) is 12.1. The van der Waals surface area contributed by atoms with Gasteiger partial charge in [-0.15, -0.1) is 0 Å². The van der Waals surface area contributed by atoms with Crippen molar-refractivity contribution >= 4 is 5.91 Å². The van der Waals surface area contributed by atoms with Crippen LogP contribution in [0, 0.1) is 0 Å². The minimum Gasteiger partial charge on any atom is -0.394 e. The molecule has 0 spiro atoms. The van der Waals surface area contributed by atoms with Crippen LogP contribution >= 0.6 is 0 Å². The van der Waals surface area contributed by atoms with E-state index in [9.17, 15) is 9.90 Å². The summed E-state index contributed by atoms with van der Waals surface area (Å²) in [6.07, 6.45) is 1.91. The van der Waals surface area contributed by atoms with Crippen LogP contribution in [0.25, 0.3) is 0 Å². The molecule has 1 aromatic carbocycles. The van der Waals surface area contributed by atoms with Gasteiger partial charge in [-0.25, -0.2) is 0 Å². The molecule has 0 saturated carbocycles. The summed E-state index contributed by atoms with van der Waals surface area (Å²) < 4.78 is 0. The van der Waals surface area contributed by atoms with Gasteiger partial charge in [0.15, 0.2) is 5.69 Å². The number of carbonyl (C=O) groups excluding carboxylic acids is 1. The highest BCUT2D eigenvalue weighted by atomic mass is 16.3. The van der Waals surface area contributed by atoms with E-state index in [1.165, 1.54) is 6.20 Å². The minimum absolute atomic E-state index is 0.127. The molecule has 0 aliphatic rings. The number of H-pyrrole nitrogens is 1. The van der Waals surface area contributed by atoms with E-state index in [-0.39, 0.29) is 24.2 Å². The molecule has 0 radical (unpaired) electrons. The van der Waals surface area contributed by atoms with E-state index < -0.39 is 0 Å². The zero-order valence-corrected chi connectivity index (χ0v) is 9.71. The summed E-state index contributed by atoms with van der Waals surface area (Å²) in [5.74, 6) is -0.348. The molecule has 2 rings (SSSR count). The molecule has 1 atom stereocenters. The molecule has 18 heavy (non-hydrogen) atoms. The first kappa shape index (κ1) is 12.3. The maximum atomic E-state index is 11.7. The fourth-order valence-corrected chi connectivity index (χ4v) is 1.63. The number of aromatic nitrogens is 3. The van der Waals surface area contributed by atoms with E-state index in [2.05, 4.69) is 20.7 Å². The van der Waals surface area contributed by atoms with Gasteiger partial charge >= 0.3 is 0 Å². The number of aliphatic hydroxyl groups excluding tert-OH is 1. The highest BCUT2D eigenvalue weighted by Crippen LogP contribution is 2.03. The van der Waals surface area contributed by atoms with Crippen molar-refractivity contribution in [1.82, 2.24) is 20.7 Å². The van der Waals surface area contributed by atoms with Crippen molar-refractivity contribution in [3.05, 3.63) is 47.8 Å². The lowest BCUT2D eigenvalue weighted by atomic mass is 10.1. The number of aromatic amines is 1. The number of rotatable bonds is 5. The van der Waals surface area contributed by atoms with Crippen LogP contribution in [-0.4, -0.2) is 39.1 Å². The highest BCUT2D eigenvalue weighted by molar-refractivity contribution is 5.92. The van der Waals surface area contributed by atoms with Gasteiger partial charge < -0.3 is 10.4 Å². The SMILES string of the molecule is O=C(NC(CO)Cc1ccccc1)c1cn[nH]n1. The van der Waals surface area contributed by atoms with Crippen LogP contribution < -0.4 is 5.32 Å². The Morgan fingerprint density at radius 2 is 2.17 bits per heavy atom. The van der Waals surface area contributed by atoms with Crippen molar-refractivity contribution in [1.29, 1.82) is 0 Å². The zero-order valence-electron chi connectivity index (χ0n) is 9.71. The number of aliphatic hydroxyl groups is 1. The standard InChI is InChI=1S/C12H14N4O2/c17-8-10(6-9-4-2-1-3-5-9)14-12(18)11-7-13-16-15-11/h1-5,7,10,17H,6,8H2,(H,14,18)(H,13,15,16). The molecular formula is C12H14N4O2. The third kappa shape index (κ3) is 3.14. The molecule has 6 heteroatoms. The molecule has 0 aliphatic carbocycles. The minimum atomic E-state index is -0.348. The lowest BCUT2D eigenvalue weighted by Gasteiger charge is -2.15. The Morgan fingerprint density at radius 1 is 1.39 bits per heavy atom. The monoisotopic (exact) mass is 246 g/mol. The summed E-state index contributed by atoms with van der Waals surface area (Å²) in [6, 6.07) is 9.32. The van der Waals surface area contributed by atoms with Gasteiger partial charge in [0.05, 0.1) is 18.8 Å². The van der Waals surface area contributed by atoms with Gasteiger partial charge in [0.25, 0.3) is 5.91 Å². The van der Waals surface area contributed by atoms with Gasteiger partial charge in [0.1, 0.15) is 0 Å². The van der Waals surface area contributed by atoms with Crippen LogP contribution in [0.15, 0.2) is 36.5 Å². The molecule has 3 N–H and O–H groups in total. The first-order valence-corrected chi connectivity index (χ1v) is 5.61. The third-order valence-corrected chi connectivity index (χ3v) is 2.53.